The van der Waals surface area contributed by atoms with E-state index in [0.717, 1.165) is 5.56 Å². The molecule has 0 saturated heterocycles. The van der Waals surface area contributed by atoms with Crippen molar-refractivity contribution in [3.63, 3.8) is 0 Å². The van der Waals surface area contributed by atoms with Gasteiger partial charge in [0.15, 0.2) is 0 Å². The number of tetrazole rings is 1. The summed E-state index contributed by atoms with van der Waals surface area (Å²) in [5.41, 5.74) is 2.00. The Morgan fingerprint density at radius 2 is 1.84 bits per heavy atom. The van der Waals surface area contributed by atoms with Gasteiger partial charge in [-0.3, -0.25) is 19.6 Å². The van der Waals surface area contributed by atoms with Gasteiger partial charge in [-0.05, 0) is 58.5 Å². The van der Waals surface area contributed by atoms with Crippen LogP contribution < -0.4 is 16.0 Å². The Hall–Kier alpha value is -4.78. The zero-order valence-corrected chi connectivity index (χ0v) is 20.9. The summed E-state index contributed by atoms with van der Waals surface area (Å²) in [5.74, 6) is -0.993. The highest BCUT2D eigenvalue weighted by molar-refractivity contribution is 6.30. The summed E-state index contributed by atoms with van der Waals surface area (Å²) in [6.07, 6.45) is 1.69. The Labute approximate surface area is 221 Å². The number of amides is 3. The van der Waals surface area contributed by atoms with Crippen molar-refractivity contribution >= 4 is 35.2 Å². The molecule has 2 aromatic heterocycles. The van der Waals surface area contributed by atoms with Crippen molar-refractivity contribution in [1.29, 1.82) is 0 Å². The number of hydrogen-bond acceptors (Lipinski definition) is 7. The number of halogens is 1. The molecule has 2 heterocycles. The standard InChI is InChI=1S/C24H24ClN9O4/c1-33-10-9-19(30-33)13-20(28-22(35)16-5-7-18(8-6-16)27-24(37)38)23(36)29-21(34-14-26-31-32-34)12-15-3-2-4-17(25)11-15/h2-11,14,20-21,27H,12-13H2,1H3,(H,28,35)(H,29,36)(H,37,38). The number of nitrogens with zero attached hydrogens (tertiary/aromatic N) is 6. The molecule has 2 atom stereocenters. The van der Waals surface area contributed by atoms with Crippen LogP contribution in [0.3, 0.4) is 0 Å². The number of carboxylic acid groups (broad SMARTS) is 1. The van der Waals surface area contributed by atoms with E-state index in [1.165, 1.54) is 35.3 Å². The van der Waals surface area contributed by atoms with Gasteiger partial charge in [0, 0.05) is 42.4 Å². The fourth-order valence-corrected chi connectivity index (χ4v) is 3.95. The topological polar surface area (TPSA) is 169 Å². The smallest absolute Gasteiger partial charge is 0.409 e. The van der Waals surface area contributed by atoms with Crippen LogP contribution >= 0.6 is 11.6 Å². The highest BCUT2D eigenvalue weighted by atomic mass is 35.5. The molecule has 0 aliphatic rings. The number of aromatic nitrogens is 6. The number of anilines is 1. The lowest BCUT2D eigenvalue weighted by Gasteiger charge is -2.23. The fraction of sp³-hybridized carbons (Fsp3) is 0.208. The predicted octanol–water partition coefficient (Wildman–Crippen LogP) is 2.05. The first-order chi connectivity index (χ1) is 18.3. The number of benzene rings is 2. The largest absolute Gasteiger partial charge is 0.465 e. The molecule has 0 spiro atoms. The number of rotatable bonds is 10. The van der Waals surface area contributed by atoms with E-state index in [1.54, 1.807) is 42.2 Å². The molecule has 0 aliphatic carbocycles. The third-order valence-electron chi connectivity index (χ3n) is 5.51. The Bertz CT molecular complexity index is 1410. The second-order valence-electron chi connectivity index (χ2n) is 8.37. The molecule has 4 N–H and O–H groups in total. The maximum absolute atomic E-state index is 13.5. The van der Waals surface area contributed by atoms with Gasteiger partial charge in [-0.25, -0.2) is 9.48 Å². The molecule has 38 heavy (non-hydrogen) atoms. The third kappa shape index (κ3) is 7.13. The maximum atomic E-state index is 13.5. The molecule has 0 radical (unpaired) electrons. The first-order valence-corrected chi connectivity index (χ1v) is 11.8. The minimum atomic E-state index is -1.22. The number of carbonyl (C=O) groups is 3. The maximum Gasteiger partial charge on any atom is 0.409 e. The van der Waals surface area contributed by atoms with Gasteiger partial charge in [-0.2, -0.15) is 5.10 Å². The molecule has 4 rings (SSSR count). The van der Waals surface area contributed by atoms with Gasteiger partial charge in [-0.15, -0.1) is 5.10 Å². The summed E-state index contributed by atoms with van der Waals surface area (Å²) in [5, 5.41) is 32.9. The van der Waals surface area contributed by atoms with Crippen molar-refractivity contribution in [3.05, 3.63) is 89.0 Å². The van der Waals surface area contributed by atoms with Crippen molar-refractivity contribution in [2.24, 2.45) is 7.05 Å². The van der Waals surface area contributed by atoms with Crippen molar-refractivity contribution in [3.8, 4) is 0 Å². The monoisotopic (exact) mass is 537 g/mol. The molecule has 196 valence electrons. The zero-order valence-electron chi connectivity index (χ0n) is 20.2. The van der Waals surface area contributed by atoms with E-state index in [9.17, 15) is 14.4 Å². The number of aryl methyl sites for hydroxylation is 1. The second-order valence-corrected chi connectivity index (χ2v) is 8.80. The Kier molecular flexibility index (Phi) is 8.28. The average Bonchev–Trinajstić information content (AvgIpc) is 3.55. The van der Waals surface area contributed by atoms with Crippen LogP contribution in [0.2, 0.25) is 5.02 Å². The molecular formula is C24H24ClN9O4. The van der Waals surface area contributed by atoms with Crippen LogP contribution in [0.15, 0.2) is 67.1 Å². The molecule has 0 aliphatic heterocycles. The Balaban J connectivity index is 1.54. The van der Waals surface area contributed by atoms with E-state index in [2.05, 4.69) is 36.6 Å². The van der Waals surface area contributed by atoms with E-state index < -0.39 is 30.1 Å². The molecule has 2 aromatic carbocycles. The molecule has 14 heteroatoms. The molecule has 3 amide bonds. The van der Waals surface area contributed by atoms with E-state index in [1.807, 2.05) is 6.07 Å². The van der Waals surface area contributed by atoms with Crippen molar-refractivity contribution < 1.29 is 19.5 Å². The van der Waals surface area contributed by atoms with E-state index in [-0.39, 0.29) is 12.0 Å². The fourth-order valence-electron chi connectivity index (χ4n) is 3.73. The third-order valence-corrected chi connectivity index (χ3v) is 5.75. The van der Waals surface area contributed by atoms with E-state index in [4.69, 9.17) is 16.7 Å². The quantitative estimate of drug-likeness (QED) is 0.238. The first-order valence-electron chi connectivity index (χ1n) is 11.4. The summed E-state index contributed by atoms with van der Waals surface area (Å²) in [6.45, 7) is 0. The van der Waals surface area contributed by atoms with Crippen LogP contribution in [0.4, 0.5) is 10.5 Å². The van der Waals surface area contributed by atoms with Crippen LogP contribution in [0.5, 0.6) is 0 Å². The minimum Gasteiger partial charge on any atom is -0.465 e. The summed E-state index contributed by atoms with van der Waals surface area (Å²) >= 11 is 6.13. The van der Waals surface area contributed by atoms with Gasteiger partial charge in [0.2, 0.25) is 5.91 Å². The van der Waals surface area contributed by atoms with Crippen molar-refractivity contribution in [1.82, 2.24) is 40.6 Å². The van der Waals surface area contributed by atoms with Crippen LogP contribution in [-0.4, -0.2) is 59.0 Å². The number of carbonyl (C=O) groups excluding carboxylic acids is 2. The highest BCUT2D eigenvalue weighted by Crippen LogP contribution is 2.16. The Morgan fingerprint density at radius 1 is 1.05 bits per heavy atom. The van der Waals surface area contributed by atoms with Crippen LogP contribution in [0.1, 0.15) is 27.8 Å². The van der Waals surface area contributed by atoms with Crippen LogP contribution in [-0.2, 0) is 24.7 Å². The zero-order chi connectivity index (χ0) is 27.1. The molecule has 0 fully saturated rings. The molecule has 0 bridgehead atoms. The normalized spacial score (nSPS) is 12.4. The lowest BCUT2D eigenvalue weighted by Crippen LogP contribution is -2.50. The number of hydrogen-bond donors (Lipinski definition) is 4. The average molecular weight is 538 g/mol. The molecular weight excluding hydrogens is 514 g/mol. The molecule has 2 unspecified atom stereocenters. The highest BCUT2D eigenvalue weighted by Gasteiger charge is 2.26. The van der Waals surface area contributed by atoms with Gasteiger partial charge in [0.1, 0.15) is 18.5 Å². The molecule has 0 saturated carbocycles. The van der Waals surface area contributed by atoms with E-state index in [0.29, 0.717) is 22.8 Å². The summed E-state index contributed by atoms with van der Waals surface area (Å²) < 4.78 is 3.01. The van der Waals surface area contributed by atoms with Crippen LogP contribution in [0.25, 0.3) is 0 Å². The lowest BCUT2D eigenvalue weighted by molar-refractivity contribution is -0.124. The van der Waals surface area contributed by atoms with Gasteiger partial charge in [0.05, 0.1) is 5.69 Å². The summed E-state index contributed by atoms with van der Waals surface area (Å²) in [4.78, 5) is 37.4. The number of nitrogens with one attached hydrogen (secondary N) is 3. The first kappa shape index (κ1) is 26.3. The van der Waals surface area contributed by atoms with Gasteiger partial charge >= 0.3 is 6.09 Å². The van der Waals surface area contributed by atoms with Gasteiger partial charge in [-0.1, -0.05) is 23.7 Å². The predicted molar refractivity (Wildman–Crippen MR) is 136 cm³/mol. The van der Waals surface area contributed by atoms with Crippen LogP contribution in [0, 0.1) is 0 Å². The second kappa shape index (κ2) is 12.0. The van der Waals surface area contributed by atoms with Crippen molar-refractivity contribution in [2.45, 2.75) is 25.0 Å². The van der Waals surface area contributed by atoms with Gasteiger partial charge in [0.25, 0.3) is 5.91 Å². The molecule has 13 nitrogen and oxygen atoms in total. The Morgan fingerprint density at radius 3 is 2.47 bits per heavy atom. The summed E-state index contributed by atoms with van der Waals surface area (Å²) in [7, 11) is 1.75. The lowest BCUT2D eigenvalue weighted by atomic mass is 10.1. The van der Waals surface area contributed by atoms with E-state index >= 15 is 0 Å². The molecule has 4 aromatic rings. The minimum absolute atomic E-state index is 0.122. The van der Waals surface area contributed by atoms with Gasteiger partial charge < -0.3 is 15.7 Å². The SMILES string of the molecule is Cn1ccc(CC(NC(=O)c2ccc(NC(=O)O)cc2)C(=O)NC(Cc2cccc(Cl)c2)n2cnnn2)n1. The van der Waals surface area contributed by atoms with Crippen molar-refractivity contribution in [2.75, 3.05) is 5.32 Å². The summed E-state index contributed by atoms with van der Waals surface area (Å²) in [6, 6.07) is 13.8.